The van der Waals surface area contributed by atoms with Crippen LogP contribution in [0.4, 0.5) is 0 Å². The summed E-state index contributed by atoms with van der Waals surface area (Å²) in [6.45, 7) is 5.27. The van der Waals surface area contributed by atoms with E-state index in [9.17, 15) is 10.1 Å². The summed E-state index contributed by atoms with van der Waals surface area (Å²) in [5.41, 5.74) is 2.75. The maximum Gasteiger partial charge on any atom is 0.306 e. The van der Waals surface area contributed by atoms with E-state index >= 15 is 0 Å². The highest BCUT2D eigenvalue weighted by molar-refractivity contribution is 8.00. The van der Waals surface area contributed by atoms with Gasteiger partial charge in [0.15, 0.2) is 11.5 Å². The van der Waals surface area contributed by atoms with E-state index in [1.807, 2.05) is 12.1 Å². The van der Waals surface area contributed by atoms with Crippen LogP contribution in [0.15, 0.2) is 17.1 Å². The maximum atomic E-state index is 11.8. The molecule has 1 aromatic rings. The predicted molar refractivity (Wildman–Crippen MR) is 112 cm³/mol. The number of methoxy groups -OCH3 is 2. The number of rotatable bonds is 10. The van der Waals surface area contributed by atoms with Gasteiger partial charge in [0.2, 0.25) is 0 Å². The highest BCUT2D eigenvalue weighted by atomic mass is 32.2. The summed E-state index contributed by atoms with van der Waals surface area (Å²) in [6.07, 6.45) is 1.94. The normalized spacial score (nSPS) is 13.9. The summed E-state index contributed by atoms with van der Waals surface area (Å²) >= 11 is 1.42. The predicted octanol–water partition coefficient (Wildman–Crippen LogP) is 3.65. The van der Waals surface area contributed by atoms with Gasteiger partial charge in [0.25, 0.3) is 0 Å². The van der Waals surface area contributed by atoms with Gasteiger partial charge in [-0.3, -0.25) is 9.79 Å². The molecule has 1 unspecified atom stereocenters. The Kier molecular flexibility index (Phi) is 8.65. The monoisotopic (exact) mass is 404 g/mol. The fourth-order valence-corrected chi connectivity index (χ4v) is 3.84. The van der Waals surface area contributed by atoms with Crippen LogP contribution in [-0.4, -0.2) is 50.1 Å². The lowest BCUT2D eigenvalue weighted by Gasteiger charge is -2.22. The summed E-state index contributed by atoms with van der Waals surface area (Å²) in [4.78, 5) is 16.4. The molecule has 2 rings (SSSR count). The van der Waals surface area contributed by atoms with Gasteiger partial charge in [-0.15, -0.1) is 11.8 Å². The van der Waals surface area contributed by atoms with Crippen molar-refractivity contribution < 1.29 is 19.0 Å². The smallest absolute Gasteiger partial charge is 0.306 e. The molecule has 0 saturated carbocycles. The van der Waals surface area contributed by atoms with Crippen LogP contribution >= 0.6 is 11.8 Å². The first-order chi connectivity index (χ1) is 13.5. The van der Waals surface area contributed by atoms with Crippen LogP contribution in [0.5, 0.6) is 11.5 Å². The van der Waals surface area contributed by atoms with Crippen LogP contribution in [0, 0.1) is 17.2 Å². The van der Waals surface area contributed by atoms with E-state index in [4.69, 9.17) is 14.2 Å². The molecule has 1 aliphatic heterocycles. The molecule has 1 aliphatic rings. The number of aliphatic imine (C=N–C) groups is 1. The Morgan fingerprint density at radius 1 is 1.29 bits per heavy atom. The summed E-state index contributed by atoms with van der Waals surface area (Å²) in [5, 5.41) is 9.23. The number of ether oxygens (including phenoxy) is 3. The highest BCUT2D eigenvalue weighted by Crippen LogP contribution is 2.34. The van der Waals surface area contributed by atoms with Crippen molar-refractivity contribution in [2.24, 2.45) is 10.9 Å². The molecule has 0 bridgehead atoms. The Morgan fingerprint density at radius 3 is 2.64 bits per heavy atom. The maximum absolute atomic E-state index is 11.8. The van der Waals surface area contributed by atoms with Gasteiger partial charge in [-0.2, -0.15) is 5.26 Å². The number of carbonyl (C=O) groups is 1. The standard InChI is InChI=1S/C21H28N2O4S/c1-14(2)6-9-27-20(24)7-10-28-19(13-22)21-16-12-18(26-4)17(25-3)11-15(16)5-8-23-21/h11-12,14,19H,5-10H2,1-4H3. The molecule has 0 radical (unpaired) electrons. The third-order valence-corrected chi connectivity index (χ3v) is 5.57. The summed E-state index contributed by atoms with van der Waals surface area (Å²) in [5.74, 6) is 2.09. The lowest BCUT2D eigenvalue weighted by molar-refractivity contribution is -0.143. The fourth-order valence-electron chi connectivity index (χ4n) is 2.89. The molecular weight excluding hydrogens is 376 g/mol. The van der Waals surface area contributed by atoms with Crippen LogP contribution in [-0.2, 0) is 16.0 Å². The molecule has 152 valence electrons. The zero-order chi connectivity index (χ0) is 20.5. The number of esters is 1. The Labute approximate surface area is 171 Å². The first kappa shape index (κ1) is 22.1. The molecule has 0 saturated heterocycles. The minimum Gasteiger partial charge on any atom is -0.493 e. The van der Waals surface area contributed by atoms with Crippen LogP contribution in [0.2, 0.25) is 0 Å². The molecule has 0 spiro atoms. The number of thioether (sulfide) groups is 1. The van der Waals surface area contributed by atoms with Crippen LogP contribution in [0.3, 0.4) is 0 Å². The number of benzene rings is 1. The molecule has 1 heterocycles. The van der Waals surface area contributed by atoms with Crippen molar-refractivity contribution in [3.05, 3.63) is 23.3 Å². The third-order valence-electron chi connectivity index (χ3n) is 4.46. The van der Waals surface area contributed by atoms with Crippen molar-refractivity contribution in [1.29, 1.82) is 5.26 Å². The van der Waals surface area contributed by atoms with Crippen LogP contribution < -0.4 is 9.47 Å². The second-order valence-corrected chi connectivity index (χ2v) is 8.13. The molecule has 0 fully saturated rings. The number of hydrogen-bond donors (Lipinski definition) is 0. The third kappa shape index (κ3) is 5.90. The summed E-state index contributed by atoms with van der Waals surface area (Å²) < 4.78 is 16.0. The van der Waals surface area contributed by atoms with E-state index in [0.717, 1.165) is 29.7 Å². The van der Waals surface area contributed by atoms with Crippen molar-refractivity contribution in [2.45, 2.75) is 38.4 Å². The van der Waals surface area contributed by atoms with E-state index < -0.39 is 5.25 Å². The lowest BCUT2D eigenvalue weighted by Crippen LogP contribution is -2.24. The summed E-state index contributed by atoms with van der Waals surface area (Å²) in [7, 11) is 3.20. The highest BCUT2D eigenvalue weighted by Gasteiger charge is 2.25. The second kappa shape index (κ2) is 11.0. The van der Waals surface area contributed by atoms with Gasteiger partial charge in [-0.05, 0) is 36.5 Å². The molecule has 0 N–H and O–H groups in total. The summed E-state index contributed by atoms with van der Waals surface area (Å²) in [6, 6.07) is 6.16. The Morgan fingerprint density at radius 2 is 2.00 bits per heavy atom. The van der Waals surface area contributed by atoms with Gasteiger partial charge in [-0.1, -0.05) is 13.8 Å². The van der Waals surface area contributed by atoms with Crippen molar-refractivity contribution in [3.63, 3.8) is 0 Å². The number of carbonyl (C=O) groups excluding carboxylic acids is 1. The van der Waals surface area contributed by atoms with Crippen LogP contribution in [0.1, 0.15) is 37.8 Å². The van der Waals surface area contributed by atoms with Crippen molar-refractivity contribution in [2.75, 3.05) is 33.1 Å². The molecule has 7 heteroatoms. The minimum absolute atomic E-state index is 0.220. The molecule has 1 atom stereocenters. The Hall–Kier alpha value is -2.20. The first-order valence-electron chi connectivity index (χ1n) is 9.46. The quantitative estimate of drug-likeness (QED) is 0.554. The number of hydrogen-bond acceptors (Lipinski definition) is 7. The van der Waals surface area contributed by atoms with Gasteiger partial charge < -0.3 is 14.2 Å². The number of nitriles is 1. The average molecular weight is 405 g/mol. The van der Waals surface area contributed by atoms with E-state index in [1.165, 1.54) is 11.8 Å². The van der Waals surface area contributed by atoms with Crippen LogP contribution in [0.25, 0.3) is 0 Å². The lowest BCUT2D eigenvalue weighted by atomic mass is 9.95. The minimum atomic E-state index is -0.444. The first-order valence-corrected chi connectivity index (χ1v) is 10.5. The fraction of sp³-hybridized carbons (Fsp3) is 0.571. The number of nitrogens with zero attached hydrogens (tertiary/aromatic N) is 2. The molecular formula is C21H28N2O4S. The van der Waals surface area contributed by atoms with Crippen molar-refractivity contribution in [1.82, 2.24) is 0 Å². The Balaban J connectivity index is 2.01. The topological polar surface area (TPSA) is 80.9 Å². The van der Waals surface area contributed by atoms with Gasteiger partial charge >= 0.3 is 5.97 Å². The van der Waals surface area contributed by atoms with Crippen molar-refractivity contribution >= 4 is 23.4 Å². The van der Waals surface area contributed by atoms with E-state index in [1.54, 1.807) is 14.2 Å². The van der Waals surface area contributed by atoms with E-state index in [-0.39, 0.29) is 12.4 Å². The molecule has 0 aromatic heterocycles. The van der Waals surface area contributed by atoms with E-state index in [0.29, 0.717) is 36.3 Å². The second-order valence-electron chi connectivity index (χ2n) is 6.91. The number of fused-ring (bicyclic) bond motifs is 1. The largest absolute Gasteiger partial charge is 0.493 e. The molecule has 28 heavy (non-hydrogen) atoms. The zero-order valence-electron chi connectivity index (χ0n) is 17.0. The molecule has 0 amide bonds. The zero-order valence-corrected chi connectivity index (χ0v) is 17.8. The molecule has 6 nitrogen and oxygen atoms in total. The van der Waals surface area contributed by atoms with Gasteiger partial charge in [-0.25, -0.2) is 0 Å². The van der Waals surface area contributed by atoms with Gasteiger partial charge in [0, 0.05) is 17.9 Å². The van der Waals surface area contributed by atoms with Gasteiger partial charge in [0.05, 0.1) is 39.0 Å². The van der Waals surface area contributed by atoms with Gasteiger partial charge in [0.1, 0.15) is 5.25 Å². The van der Waals surface area contributed by atoms with E-state index in [2.05, 4.69) is 24.9 Å². The molecule has 0 aliphatic carbocycles. The molecule has 1 aromatic carbocycles. The van der Waals surface area contributed by atoms with Crippen molar-refractivity contribution in [3.8, 4) is 17.6 Å². The average Bonchev–Trinajstić information content (AvgIpc) is 2.69. The Bertz CT molecular complexity index is 756. The SMILES string of the molecule is COc1cc2c(cc1OC)C(C(C#N)SCCC(=O)OCCC(C)C)=NCC2.